The molecule has 2 amide bonds. The Balaban J connectivity index is 1.40. The largest absolute Gasteiger partial charge is 0.496 e. The van der Waals surface area contributed by atoms with Crippen LogP contribution in [0.25, 0.3) is 11.3 Å². The molecular weight excluding hydrogens is 506 g/mol. The van der Waals surface area contributed by atoms with Gasteiger partial charge in [-0.15, -0.1) is 0 Å². The van der Waals surface area contributed by atoms with Crippen LogP contribution in [-0.2, 0) is 11.2 Å². The van der Waals surface area contributed by atoms with Crippen LogP contribution < -0.4 is 20.1 Å². The molecule has 9 heteroatoms. The van der Waals surface area contributed by atoms with E-state index in [1.54, 1.807) is 20.4 Å². The van der Waals surface area contributed by atoms with Gasteiger partial charge in [-0.3, -0.25) is 19.3 Å². The summed E-state index contributed by atoms with van der Waals surface area (Å²) in [6.45, 7) is 0. The number of nitrogens with one attached hydrogen (secondary N) is 2. The lowest BCUT2D eigenvalue weighted by atomic mass is 9.93. The average molecular weight is 546 g/mol. The summed E-state index contributed by atoms with van der Waals surface area (Å²) in [5.41, 5.74) is 2.96. The fourth-order valence-corrected chi connectivity index (χ4v) is 5.66. The van der Waals surface area contributed by atoms with Crippen molar-refractivity contribution < 1.29 is 19.1 Å². The van der Waals surface area contributed by atoms with Gasteiger partial charge in [0, 0.05) is 30.9 Å². The number of hydrogen-bond donors (Lipinski definition) is 2. The number of ether oxygens (including phenoxy) is 2. The predicted octanol–water partition coefficient (Wildman–Crippen LogP) is 4.87. The molecule has 9 nitrogen and oxygen atoms in total. The summed E-state index contributed by atoms with van der Waals surface area (Å²) in [4.78, 5) is 30.7. The van der Waals surface area contributed by atoms with Crippen LogP contribution in [0.15, 0.2) is 48.8 Å². The lowest BCUT2D eigenvalue weighted by Gasteiger charge is -2.27. The van der Waals surface area contributed by atoms with Crippen LogP contribution >= 0.6 is 0 Å². The fourth-order valence-electron chi connectivity index (χ4n) is 5.66. The molecule has 2 N–H and O–H groups in total. The van der Waals surface area contributed by atoms with Crippen LogP contribution in [0, 0.1) is 0 Å². The number of nitrogens with zero attached hydrogens (tertiary/aromatic N) is 3. The van der Waals surface area contributed by atoms with E-state index >= 15 is 0 Å². The molecule has 2 fully saturated rings. The Bertz CT molecular complexity index is 1280. The van der Waals surface area contributed by atoms with Crippen molar-refractivity contribution in [1.29, 1.82) is 0 Å². The Hall–Kier alpha value is -3.88. The van der Waals surface area contributed by atoms with E-state index in [1.807, 2.05) is 47.3 Å². The lowest BCUT2D eigenvalue weighted by Crippen LogP contribution is -2.44. The number of rotatable bonds is 12. The maximum Gasteiger partial charge on any atom is 0.272 e. The molecule has 3 aromatic rings. The third-order valence-electron chi connectivity index (χ3n) is 8.06. The summed E-state index contributed by atoms with van der Waals surface area (Å²) >= 11 is 0. The van der Waals surface area contributed by atoms with E-state index in [0.29, 0.717) is 30.0 Å². The maximum atomic E-state index is 13.7. The summed E-state index contributed by atoms with van der Waals surface area (Å²) in [5, 5.41) is 11.1. The average Bonchev–Trinajstić information content (AvgIpc) is 3.64. The molecule has 2 aromatic heterocycles. The van der Waals surface area contributed by atoms with E-state index in [-0.39, 0.29) is 36.4 Å². The summed E-state index contributed by atoms with van der Waals surface area (Å²) in [5.74, 6) is 0.997. The van der Waals surface area contributed by atoms with Crippen LogP contribution in [-0.4, -0.2) is 52.9 Å². The van der Waals surface area contributed by atoms with Gasteiger partial charge in [-0.25, -0.2) is 0 Å². The first-order chi connectivity index (χ1) is 19.6. The van der Waals surface area contributed by atoms with E-state index in [4.69, 9.17) is 14.6 Å². The number of amides is 2. The second-order valence-electron chi connectivity index (χ2n) is 10.8. The highest BCUT2D eigenvalue weighted by Crippen LogP contribution is 2.41. The number of benzene rings is 1. The zero-order chi connectivity index (χ0) is 27.9. The Morgan fingerprint density at radius 3 is 2.40 bits per heavy atom. The van der Waals surface area contributed by atoms with Gasteiger partial charge in [0.2, 0.25) is 5.91 Å². The molecule has 1 atom stereocenters. The number of aromatic nitrogens is 3. The topological polar surface area (TPSA) is 107 Å². The molecule has 40 heavy (non-hydrogen) atoms. The highest BCUT2D eigenvalue weighted by Gasteiger charge is 2.28. The van der Waals surface area contributed by atoms with Gasteiger partial charge < -0.3 is 20.1 Å². The molecule has 212 valence electrons. The van der Waals surface area contributed by atoms with Gasteiger partial charge in [0.15, 0.2) is 5.69 Å². The van der Waals surface area contributed by atoms with E-state index in [1.165, 1.54) is 0 Å². The zero-order valence-electron chi connectivity index (χ0n) is 23.4. The fraction of sp³-hybridized carbons (Fsp3) is 0.484. The van der Waals surface area contributed by atoms with Gasteiger partial charge in [-0.2, -0.15) is 5.10 Å². The van der Waals surface area contributed by atoms with Crippen molar-refractivity contribution in [2.75, 3.05) is 14.2 Å². The van der Waals surface area contributed by atoms with Crippen LogP contribution in [0.1, 0.15) is 79.9 Å². The number of hydrogen-bond acceptors (Lipinski definition) is 6. The number of carbonyl (C=O) groups is 2. The zero-order valence-corrected chi connectivity index (χ0v) is 23.4. The summed E-state index contributed by atoms with van der Waals surface area (Å²) in [6.07, 6.45) is 12.5. The van der Waals surface area contributed by atoms with Gasteiger partial charge in [0.1, 0.15) is 11.5 Å². The van der Waals surface area contributed by atoms with E-state index in [9.17, 15) is 9.59 Å². The highest BCUT2D eigenvalue weighted by molar-refractivity contribution is 5.94. The summed E-state index contributed by atoms with van der Waals surface area (Å²) < 4.78 is 13.3. The molecule has 0 saturated heterocycles. The van der Waals surface area contributed by atoms with E-state index in [0.717, 1.165) is 61.8 Å². The molecule has 2 aliphatic rings. The molecule has 2 heterocycles. The molecule has 2 saturated carbocycles. The van der Waals surface area contributed by atoms with Crippen molar-refractivity contribution in [2.24, 2.45) is 0 Å². The normalized spacial score (nSPS) is 16.2. The molecule has 0 aliphatic heterocycles. The summed E-state index contributed by atoms with van der Waals surface area (Å²) in [6, 6.07) is 11.5. The number of pyridine rings is 1. The smallest absolute Gasteiger partial charge is 0.272 e. The quantitative estimate of drug-likeness (QED) is 0.336. The Kier molecular flexibility index (Phi) is 8.98. The molecular formula is C31H39N5O4. The highest BCUT2D eigenvalue weighted by atomic mass is 16.5. The minimum Gasteiger partial charge on any atom is -0.496 e. The monoisotopic (exact) mass is 545 g/mol. The molecule has 0 spiro atoms. The molecule has 0 bridgehead atoms. The van der Waals surface area contributed by atoms with Crippen molar-refractivity contribution in [2.45, 2.75) is 82.3 Å². The third-order valence-corrected chi connectivity index (χ3v) is 8.06. The second-order valence-corrected chi connectivity index (χ2v) is 10.8. The molecule has 0 radical (unpaired) electrons. The van der Waals surface area contributed by atoms with Crippen molar-refractivity contribution in [3.05, 3.63) is 60.0 Å². The van der Waals surface area contributed by atoms with E-state index < -0.39 is 0 Å². The Labute approximate surface area is 235 Å². The number of aryl methyl sites for hydroxylation is 1. The molecule has 0 unspecified atom stereocenters. The first-order valence-corrected chi connectivity index (χ1v) is 14.4. The minimum atomic E-state index is -0.339. The minimum absolute atomic E-state index is 0.0304. The molecule has 2 aliphatic carbocycles. The van der Waals surface area contributed by atoms with E-state index in [2.05, 4.69) is 15.6 Å². The van der Waals surface area contributed by atoms with Crippen molar-refractivity contribution in [1.82, 2.24) is 25.4 Å². The SMILES string of the molecule is COc1cccc(OC)c1-c1cc(C(=O)N[C@@H](CCc2cccnc2)CC(=O)NC2CCC2)nn1C1CCCC1. The van der Waals surface area contributed by atoms with Gasteiger partial charge in [0.05, 0.1) is 31.5 Å². The van der Waals surface area contributed by atoms with Crippen LogP contribution in [0.3, 0.4) is 0 Å². The lowest BCUT2D eigenvalue weighted by molar-refractivity contribution is -0.122. The predicted molar refractivity (Wildman–Crippen MR) is 152 cm³/mol. The Morgan fingerprint density at radius 2 is 1.77 bits per heavy atom. The number of methoxy groups -OCH3 is 2. The third kappa shape index (κ3) is 6.46. The first kappa shape index (κ1) is 27.7. The van der Waals surface area contributed by atoms with Crippen molar-refractivity contribution >= 4 is 11.8 Å². The molecule has 1 aromatic carbocycles. The van der Waals surface area contributed by atoms with Gasteiger partial charge in [-0.1, -0.05) is 25.0 Å². The van der Waals surface area contributed by atoms with Crippen LogP contribution in [0.5, 0.6) is 11.5 Å². The maximum absolute atomic E-state index is 13.7. The van der Waals surface area contributed by atoms with Crippen LogP contribution in [0.2, 0.25) is 0 Å². The Morgan fingerprint density at radius 1 is 1.02 bits per heavy atom. The molecule has 5 rings (SSSR count). The van der Waals surface area contributed by atoms with Crippen molar-refractivity contribution in [3.8, 4) is 22.8 Å². The van der Waals surface area contributed by atoms with Gasteiger partial charge in [-0.05, 0) is 74.8 Å². The van der Waals surface area contributed by atoms with Crippen molar-refractivity contribution in [3.63, 3.8) is 0 Å². The summed E-state index contributed by atoms with van der Waals surface area (Å²) in [7, 11) is 3.26. The van der Waals surface area contributed by atoms with Gasteiger partial charge in [0.25, 0.3) is 5.91 Å². The standard InChI is InChI=1S/C31H39N5O4/c1-39-27-13-6-14-28(40-2)30(27)26-19-25(35-36(26)24-11-3-4-12-24)31(38)34-23(16-15-21-8-7-17-32-20-21)18-29(37)33-22-9-5-10-22/h6-8,13-14,17,19-20,22-24H,3-5,9-12,15-16,18H2,1-2H3,(H,33,37)(H,34,38)/t23-/m0/s1. The first-order valence-electron chi connectivity index (χ1n) is 14.4. The second kappa shape index (κ2) is 13.0. The van der Waals surface area contributed by atoms with Gasteiger partial charge >= 0.3 is 0 Å². The van der Waals surface area contributed by atoms with Crippen LogP contribution in [0.4, 0.5) is 0 Å². The number of carbonyl (C=O) groups excluding carboxylic acids is 2.